The number of hydrogen-bond acceptors (Lipinski definition) is 2. The number of aromatic amines is 1. The van der Waals surface area contributed by atoms with Crippen molar-refractivity contribution >= 4 is 17.9 Å². The van der Waals surface area contributed by atoms with Crippen molar-refractivity contribution in [2.24, 2.45) is 0 Å². The van der Waals surface area contributed by atoms with Gasteiger partial charge in [-0.05, 0) is 12.1 Å². The summed E-state index contributed by atoms with van der Waals surface area (Å²) < 4.78 is 2.49. The summed E-state index contributed by atoms with van der Waals surface area (Å²) in [4.78, 5) is 4.02. The fraction of sp³-hybridized carbons (Fsp3) is 0. The third kappa shape index (κ3) is 0.657. The number of H-pyrrole nitrogens is 1. The third-order valence-electron chi connectivity index (χ3n) is 1.32. The van der Waals surface area contributed by atoms with Gasteiger partial charge in [-0.15, -0.1) is 0 Å². The van der Waals surface area contributed by atoms with E-state index in [-0.39, 0.29) is 0 Å². The van der Waals surface area contributed by atoms with Gasteiger partial charge in [-0.1, -0.05) is 18.3 Å². The molecule has 4 heteroatoms. The lowest BCUT2D eigenvalue weighted by atomic mass is 10.5. The highest BCUT2D eigenvalue weighted by molar-refractivity contribution is 7.71. The Morgan fingerprint density at radius 3 is 3.20 bits per heavy atom. The lowest BCUT2D eigenvalue weighted by Gasteiger charge is -1.88. The van der Waals surface area contributed by atoms with Gasteiger partial charge < -0.3 is 0 Å². The lowest BCUT2D eigenvalue weighted by molar-refractivity contribution is 0.946. The molecule has 0 atom stereocenters. The van der Waals surface area contributed by atoms with Crippen LogP contribution in [0.4, 0.5) is 0 Å². The summed E-state index contributed by atoms with van der Waals surface area (Å²) in [6.45, 7) is 0. The van der Waals surface area contributed by atoms with Crippen molar-refractivity contribution in [1.29, 1.82) is 0 Å². The first kappa shape index (κ1) is 5.61. The molecule has 0 bridgehead atoms. The van der Waals surface area contributed by atoms with E-state index in [1.807, 2.05) is 18.2 Å². The predicted molar refractivity (Wildman–Crippen MR) is 40.4 cm³/mol. The molecule has 0 aliphatic rings. The molecule has 50 valence electrons. The quantitative estimate of drug-likeness (QED) is 0.577. The van der Waals surface area contributed by atoms with Crippen LogP contribution in [-0.2, 0) is 0 Å². The van der Waals surface area contributed by atoms with E-state index in [4.69, 9.17) is 12.2 Å². The first-order chi connectivity index (χ1) is 4.88. The maximum Gasteiger partial charge on any atom is 0.154 e. The first-order valence-electron chi connectivity index (χ1n) is 2.89. The lowest BCUT2D eigenvalue weighted by Crippen LogP contribution is -1.86. The number of nitrogens with zero attached hydrogens (tertiary/aromatic N) is 2. The fourth-order valence-electron chi connectivity index (χ4n) is 0.862. The van der Waals surface area contributed by atoms with E-state index in [0.29, 0.717) is 0 Å². The number of nitrogens with one attached hydrogen (secondary N) is 1. The molecular weight excluding hydrogens is 146 g/mol. The zero-order chi connectivity index (χ0) is 6.97. The monoisotopic (exact) mass is 151 g/mol. The maximum atomic E-state index is 5.00. The van der Waals surface area contributed by atoms with Crippen molar-refractivity contribution in [3.05, 3.63) is 29.2 Å². The van der Waals surface area contributed by atoms with Crippen molar-refractivity contribution in [3.8, 4) is 0 Å². The minimum Gasteiger partial charge on any atom is -0.281 e. The van der Waals surface area contributed by atoms with E-state index in [1.165, 1.54) is 0 Å². The van der Waals surface area contributed by atoms with Crippen molar-refractivity contribution in [3.63, 3.8) is 0 Å². The highest BCUT2D eigenvalue weighted by Gasteiger charge is 1.89. The van der Waals surface area contributed by atoms with Crippen molar-refractivity contribution in [2.45, 2.75) is 0 Å². The molecule has 0 saturated carbocycles. The Morgan fingerprint density at radius 1 is 1.50 bits per heavy atom. The number of pyridine rings is 1. The van der Waals surface area contributed by atoms with E-state index < -0.39 is 0 Å². The second-order valence-corrected chi connectivity index (χ2v) is 2.36. The van der Waals surface area contributed by atoms with Crippen LogP contribution in [0.3, 0.4) is 0 Å². The van der Waals surface area contributed by atoms with E-state index >= 15 is 0 Å². The standard InChI is InChI=1S/C6H5N3S/c10-6-3-1-2-5-7-4-8-9(5)6/h1-4H,(H,7,8). The summed E-state index contributed by atoms with van der Waals surface area (Å²) in [5.74, 6) is 0. The highest BCUT2D eigenvalue weighted by atomic mass is 32.1. The van der Waals surface area contributed by atoms with E-state index in [0.717, 1.165) is 10.3 Å². The maximum absolute atomic E-state index is 5.00. The molecule has 0 saturated heterocycles. The molecule has 0 fully saturated rings. The molecule has 0 amide bonds. The Morgan fingerprint density at radius 2 is 2.40 bits per heavy atom. The molecule has 1 N–H and O–H groups in total. The zero-order valence-corrected chi connectivity index (χ0v) is 5.93. The molecule has 2 heterocycles. The van der Waals surface area contributed by atoms with Gasteiger partial charge in [-0.3, -0.25) is 5.10 Å². The zero-order valence-electron chi connectivity index (χ0n) is 5.11. The van der Waals surface area contributed by atoms with Crippen molar-refractivity contribution in [2.75, 3.05) is 0 Å². The average Bonchev–Trinajstić information content (AvgIpc) is 2.36. The van der Waals surface area contributed by atoms with Gasteiger partial charge in [0.25, 0.3) is 0 Å². The fourth-order valence-corrected chi connectivity index (χ4v) is 1.09. The number of aromatic nitrogens is 3. The summed E-state index contributed by atoms with van der Waals surface area (Å²) in [5, 5.41) is 2.89. The van der Waals surface area contributed by atoms with Gasteiger partial charge in [0.2, 0.25) is 0 Å². The Balaban J connectivity index is 3.09. The highest BCUT2D eigenvalue weighted by Crippen LogP contribution is 1.97. The van der Waals surface area contributed by atoms with Crippen LogP contribution >= 0.6 is 12.2 Å². The molecule has 0 aliphatic heterocycles. The molecule has 2 rings (SSSR count). The number of rotatable bonds is 0. The summed E-state index contributed by atoms with van der Waals surface area (Å²) in [7, 11) is 0. The summed E-state index contributed by atoms with van der Waals surface area (Å²) in [5.41, 5.74) is 0.854. The molecule has 10 heavy (non-hydrogen) atoms. The minimum absolute atomic E-state index is 0.745. The first-order valence-corrected chi connectivity index (χ1v) is 3.30. The van der Waals surface area contributed by atoms with Crippen LogP contribution in [0, 0.1) is 4.64 Å². The Labute approximate surface area is 62.3 Å². The molecule has 2 aromatic heterocycles. The molecule has 2 aromatic rings. The molecular formula is C6H5N3S. The van der Waals surface area contributed by atoms with Gasteiger partial charge in [0.1, 0.15) is 11.0 Å². The van der Waals surface area contributed by atoms with Crippen LogP contribution in [-0.4, -0.2) is 14.6 Å². The number of fused-ring (bicyclic) bond motifs is 1. The third-order valence-corrected chi connectivity index (χ3v) is 1.64. The van der Waals surface area contributed by atoms with Gasteiger partial charge >= 0.3 is 0 Å². The second-order valence-electron chi connectivity index (χ2n) is 1.94. The van der Waals surface area contributed by atoms with Crippen LogP contribution in [0.1, 0.15) is 0 Å². The van der Waals surface area contributed by atoms with Gasteiger partial charge in [0.15, 0.2) is 5.65 Å². The molecule has 0 aromatic carbocycles. The van der Waals surface area contributed by atoms with Crippen LogP contribution in [0.25, 0.3) is 5.65 Å². The minimum atomic E-state index is 0.745. The average molecular weight is 151 g/mol. The second kappa shape index (κ2) is 1.91. The summed E-state index contributed by atoms with van der Waals surface area (Å²) in [6, 6.07) is 5.63. The molecule has 0 spiro atoms. The van der Waals surface area contributed by atoms with E-state index in [2.05, 4.69) is 10.1 Å². The normalized spacial score (nSPS) is 10.4. The number of hydrogen-bond donors (Lipinski definition) is 1. The Bertz CT molecular complexity index is 400. The van der Waals surface area contributed by atoms with Gasteiger partial charge in [0.05, 0.1) is 0 Å². The molecule has 0 aliphatic carbocycles. The van der Waals surface area contributed by atoms with Crippen LogP contribution in [0.15, 0.2) is 24.5 Å². The smallest absolute Gasteiger partial charge is 0.154 e. The Kier molecular flexibility index (Phi) is 1.07. The van der Waals surface area contributed by atoms with Crippen molar-refractivity contribution < 1.29 is 0 Å². The van der Waals surface area contributed by atoms with Crippen molar-refractivity contribution in [1.82, 2.24) is 14.6 Å². The van der Waals surface area contributed by atoms with Gasteiger partial charge in [0, 0.05) is 0 Å². The molecule has 3 nitrogen and oxygen atoms in total. The van der Waals surface area contributed by atoms with Crippen LogP contribution < -0.4 is 0 Å². The van der Waals surface area contributed by atoms with E-state index in [9.17, 15) is 0 Å². The van der Waals surface area contributed by atoms with E-state index in [1.54, 1.807) is 10.8 Å². The van der Waals surface area contributed by atoms with Gasteiger partial charge in [-0.25, -0.2) is 9.50 Å². The Hall–Kier alpha value is -1.16. The van der Waals surface area contributed by atoms with Gasteiger partial charge in [-0.2, -0.15) is 0 Å². The topological polar surface area (TPSA) is 33.1 Å². The predicted octanol–water partition coefficient (Wildman–Crippen LogP) is 1.39. The van der Waals surface area contributed by atoms with Crippen LogP contribution in [0.5, 0.6) is 0 Å². The van der Waals surface area contributed by atoms with Crippen LogP contribution in [0.2, 0.25) is 0 Å². The summed E-state index contributed by atoms with van der Waals surface area (Å²) >= 11 is 5.00. The molecule has 0 unspecified atom stereocenters. The summed E-state index contributed by atoms with van der Waals surface area (Å²) in [6.07, 6.45) is 1.62. The largest absolute Gasteiger partial charge is 0.281 e. The molecule has 0 radical (unpaired) electrons. The SMILES string of the molecule is S=c1cccc2nc[nH]n12.